The lowest BCUT2D eigenvalue weighted by atomic mass is 9.84. The van der Waals surface area contributed by atoms with Crippen LogP contribution in [0.1, 0.15) is 38.0 Å². The molecule has 3 nitrogen and oxygen atoms in total. The third-order valence-corrected chi connectivity index (χ3v) is 3.75. The van der Waals surface area contributed by atoms with Gasteiger partial charge in [0.25, 0.3) is 0 Å². The van der Waals surface area contributed by atoms with Crippen molar-refractivity contribution in [2.75, 3.05) is 7.05 Å². The Morgan fingerprint density at radius 3 is 2.42 bits per heavy atom. The largest absolute Gasteiger partial charge is 0.441 e. The van der Waals surface area contributed by atoms with Crippen LogP contribution < -0.4 is 5.32 Å². The molecule has 0 aliphatic heterocycles. The average molecular weight is 332 g/mol. The lowest BCUT2D eigenvalue weighted by molar-refractivity contribution is 0.0312. The average Bonchev–Trinajstić information content (AvgIpc) is 2.30. The van der Waals surface area contributed by atoms with Crippen LogP contribution in [0.4, 0.5) is 9.18 Å². The summed E-state index contributed by atoms with van der Waals surface area (Å²) in [5, 5.41) is 2.41. The van der Waals surface area contributed by atoms with E-state index in [0.717, 1.165) is 5.56 Å². The predicted octanol–water partition coefficient (Wildman–Crippen LogP) is 4.34. The van der Waals surface area contributed by atoms with Gasteiger partial charge in [-0.05, 0) is 40.0 Å². The Kier molecular flexibility index (Phi) is 4.96. The molecule has 1 rings (SSSR count). The molecule has 0 fully saturated rings. The van der Waals surface area contributed by atoms with E-state index in [1.807, 2.05) is 26.8 Å². The number of halogens is 2. The fourth-order valence-electron chi connectivity index (χ4n) is 1.82. The van der Waals surface area contributed by atoms with E-state index in [-0.39, 0.29) is 11.2 Å². The minimum absolute atomic E-state index is 0.334. The molecule has 1 atom stereocenters. The molecular weight excluding hydrogens is 313 g/mol. The van der Waals surface area contributed by atoms with Crippen molar-refractivity contribution in [3.05, 3.63) is 33.5 Å². The van der Waals surface area contributed by atoms with Crippen LogP contribution in [0.3, 0.4) is 0 Å². The zero-order valence-electron chi connectivity index (χ0n) is 11.8. The highest BCUT2D eigenvalue weighted by Crippen LogP contribution is 2.38. The lowest BCUT2D eigenvalue weighted by Gasteiger charge is -2.30. The third kappa shape index (κ3) is 3.93. The second-order valence-corrected chi connectivity index (χ2v) is 6.33. The first kappa shape index (κ1) is 16.0. The van der Waals surface area contributed by atoms with Gasteiger partial charge in [0.1, 0.15) is 11.9 Å². The van der Waals surface area contributed by atoms with Gasteiger partial charge >= 0.3 is 6.09 Å². The number of aryl methyl sites for hydroxylation is 1. The molecule has 19 heavy (non-hydrogen) atoms. The molecule has 106 valence electrons. The first-order valence-corrected chi connectivity index (χ1v) is 6.80. The van der Waals surface area contributed by atoms with Gasteiger partial charge in [0.15, 0.2) is 0 Å². The molecule has 0 spiro atoms. The summed E-state index contributed by atoms with van der Waals surface area (Å²) in [5.74, 6) is -0.357. The summed E-state index contributed by atoms with van der Waals surface area (Å²) >= 11 is 3.18. The van der Waals surface area contributed by atoms with Crippen molar-refractivity contribution in [1.29, 1.82) is 0 Å². The minimum atomic E-state index is -0.527. The first-order chi connectivity index (χ1) is 8.66. The maximum Gasteiger partial charge on any atom is 0.407 e. The predicted molar refractivity (Wildman–Crippen MR) is 76.6 cm³/mol. The summed E-state index contributed by atoms with van der Waals surface area (Å²) in [6.45, 7) is 7.62. The first-order valence-electron chi connectivity index (χ1n) is 6.00. The van der Waals surface area contributed by atoms with Crippen molar-refractivity contribution >= 4 is 22.0 Å². The van der Waals surface area contributed by atoms with Gasteiger partial charge in [-0.1, -0.05) is 26.8 Å². The van der Waals surface area contributed by atoms with Crippen LogP contribution in [0, 0.1) is 18.2 Å². The van der Waals surface area contributed by atoms with Crippen LogP contribution in [-0.2, 0) is 4.74 Å². The van der Waals surface area contributed by atoms with Crippen molar-refractivity contribution in [3.8, 4) is 0 Å². The second kappa shape index (κ2) is 5.90. The Morgan fingerprint density at radius 2 is 2.00 bits per heavy atom. The zero-order valence-corrected chi connectivity index (χ0v) is 13.4. The highest BCUT2D eigenvalue weighted by atomic mass is 79.9. The van der Waals surface area contributed by atoms with Gasteiger partial charge in [0.05, 0.1) is 4.47 Å². The van der Waals surface area contributed by atoms with E-state index in [0.29, 0.717) is 10.0 Å². The van der Waals surface area contributed by atoms with Crippen molar-refractivity contribution in [1.82, 2.24) is 5.32 Å². The summed E-state index contributed by atoms with van der Waals surface area (Å²) in [6.07, 6.45) is -1.05. The topological polar surface area (TPSA) is 38.3 Å². The Balaban J connectivity index is 3.22. The van der Waals surface area contributed by atoms with Crippen LogP contribution in [0.2, 0.25) is 0 Å². The van der Waals surface area contributed by atoms with Crippen LogP contribution in [0.15, 0.2) is 16.6 Å². The van der Waals surface area contributed by atoms with E-state index < -0.39 is 12.2 Å². The molecule has 0 saturated heterocycles. The SMILES string of the molecule is CNC(=O)OC(c1cc(C)c(Br)c(F)c1)C(C)(C)C. The second-order valence-electron chi connectivity index (χ2n) is 5.53. The minimum Gasteiger partial charge on any atom is -0.441 e. The molecule has 5 heteroatoms. The van der Waals surface area contributed by atoms with E-state index in [1.165, 1.54) is 13.1 Å². The number of amides is 1. The van der Waals surface area contributed by atoms with Gasteiger partial charge in [0, 0.05) is 12.5 Å². The molecule has 1 aromatic rings. The lowest BCUT2D eigenvalue weighted by Crippen LogP contribution is -2.29. The monoisotopic (exact) mass is 331 g/mol. The molecule has 0 radical (unpaired) electrons. The molecule has 0 aliphatic rings. The van der Waals surface area contributed by atoms with Gasteiger partial charge in [-0.2, -0.15) is 0 Å². The molecular formula is C14H19BrFNO2. The van der Waals surface area contributed by atoms with Gasteiger partial charge in [-0.3, -0.25) is 0 Å². The highest BCUT2D eigenvalue weighted by Gasteiger charge is 2.30. The summed E-state index contributed by atoms with van der Waals surface area (Å²) < 4.78 is 19.6. The van der Waals surface area contributed by atoms with E-state index in [2.05, 4.69) is 21.2 Å². The Bertz CT molecular complexity index is 460. The van der Waals surface area contributed by atoms with Gasteiger partial charge < -0.3 is 10.1 Å². The molecule has 1 N–H and O–H groups in total. The molecule has 1 aromatic carbocycles. The van der Waals surface area contributed by atoms with Crippen LogP contribution in [0.5, 0.6) is 0 Å². The highest BCUT2D eigenvalue weighted by molar-refractivity contribution is 9.10. The fourth-order valence-corrected chi connectivity index (χ4v) is 2.04. The standard InChI is InChI=1S/C14H19BrFNO2/c1-8-6-9(7-10(16)11(8)15)12(14(2,3)4)19-13(18)17-5/h6-7,12H,1-5H3,(H,17,18). The summed E-state index contributed by atoms with van der Waals surface area (Å²) in [6, 6.07) is 3.22. The number of nitrogens with one attached hydrogen (secondary N) is 1. The van der Waals surface area contributed by atoms with Crippen LogP contribution >= 0.6 is 15.9 Å². The number of ether oxygens (including phenoxy) is 1. The van der Waals surface area contributed by atoms with E-state index in [1.54, 1.807) is 6.92 Å². The summed E-state index contributed by atoms with van der Waals surface area (Å²) in [4.78, 5) is 11.4. The fraction of sp³-hybridized carbons (Fsp3) is 0.500. The number of carbonyl (C=O) groups excluding carboxylic acids is 1. The van der Waals surface area contributed by atoms with Crippen molar-refractivity contribution < 1.29 is 13.9 Å². The number of alkyl carbamates (subject to hydrolysis) is 1. The van der Waals surface area contributed by atoms with Gasteiger partial charge in [-0.15, -0.1) is 0 Å². The Labute approximate surface area is 121 Å². The number of carbonyl (C=O) groups is 1. The molecule has 1 amide bonds. The van der Waals surface area contributed by atoms with Gasteiger partial charge in [-0.25, -0.2) is 9.18 Å². The quantitative estimate of drug-likeness (QED) is 0.875. The van der Waals surface area contributed by atoms with E-state index in [4.69, 9.17) is 4.74 Å². The van der Waals surface area contributed by atoms with Crippen molar-refractivity contribution in [2.24, 2.45) is 5.41 Å². The smallest absolute Gasteiger partial charge is 0.407 e. The maximum atomic E-state index is 13.8. The van der Waals surface area contributed by atoms with Crippen molar-refractivity contribution in [2.45, 2.75) is 33.8 Å². The number of rotatable bonds is 2. The third-order valence-electron chi connectivity index (χ3n) is 2.75. The summed E-state index contributed by atoms with van der Waals surface area (Å²) in [7, 11) is 1.50. The van der Waals surface area contributed by atoms with E-state index >= 15 is 0 Å². The Hall–Kier alpha value is -1.10. The maximum absolute atomic E-state index is 13.8. The normalized spacial score (nSPS) is 13.0. The summed E-state index contributed by atoms with van der Waals surface area (Å²) in [5.41, 5.74) is 1.08. The van der Waals surface area contributed by atoms with Crippen LogP contribution in [-0.4, -0.2) is 13.1 Å². The van der Waals surface area contributed by atoms with Crippen LogP contribution in [0.25, 0.3) is 0 Å². The molecule has 0 heterocycles. The van der Waals surface area contributed by atoms with E-state index in [9.17, 15) is 9.18 Å². The zero-order chi connectivity index (χ0) is 14.8. The van der Waals surface area contributed by atoms with Crippen molar-refractivity contribution in [3.63, 3.8) is 0 Å². The molecule has 0 bridgehead atoms. The number of hydrogen-bond donors (Lipinski definition) is 1. The molecule has 1 unspecified atom stereocenters. The molecule has 0 aliphatic carbocycles. The Morgan fingerprint density at radius 1 is 1.42 bits per heavy atom. The number of hydrogen-bond acceptors (Lipinski definition) is 2. The van der Waals surface area contributed by atoms with Gasteiger partial charge in [0.2, 0.25) is 0 Å². The molecule has 0 saturated carbocycles. The number of benzene rings is 1. The molecule has 0 aromatic heterocycles.